The number of halogens is 2. The van der Waals surface area contributed by atoms with Gasteiger partial charge >= 0.3 is 0 Å². The molecule has 0 aliphatic rings. The van der Waals surface area contributed by atoms with Gasteiger partial charge in [-0.25, -0.2) is 22.2 Å². The summed E-state index contributed by atoms with van der Waals surface area (Å²) in [5.41, 5.74) is 1.51. The predicted molar refractivity (Wildman–Crippen MR) is 111 cm³/mol. The van der Waals surface area contributed by atoms with Crippen molar-refractivity contribution >= 4 is 15.7 Å². The van der Waals surface area contributed by atoms with E-state index in [9.17, 15) is 22.0 Å². The molecular weight excluding hydrogens is 428 g/mol. The second-order valence-corrected chi connectivity index (χ2v) is 8.79. The van der Waals surface area contributed by atoms with Gasteiger partial charge in [0.2, 0.25) is 5.88 Å². The van der Waals surface area contributed by atoms with Gasteiger partial charge in [-0.3, -0.25) is 4.79 Å². The normalized spacial score (nSPS) is 11.3. The minimum atomic E-state index is -3.62. The van der Waals surface area contributed by atoms with Crippen molar-refractivity contribution in [1.29, 1.82) is 0 Å². The van der Waals surface area contributed by atoms with Gasteiger partial charge in [-0.05, 0) is 43.0 Å². The van der Waals surface area contributed by atoms with E-state index in [1.165, 1.54) is 16.8 Å². The van der Waals surface area contributed by atoms with Crippen molar-refractivity contribution in [3.05, 3.63) is 72.2 Å². The zero-order chi connectivity index (χ0) is 22.9. The van der Waals surface area contributed by atoms with Crippen LogP contribution in [0.4, 0.5) is 8.78 Å². The third kappa shape index (κ3) is 4.48. The first kappa shape index (κ1) is 22.2. The summed E-state index contributed by atoms with van der Waals surface area (Å²) in [5.74, 6) is -2.55. The van der Waals surface area contributed by atoms with Crippen molar-refractivity contribution in [2.75, 3.05) is 6.26 Å². The van der Waals surface area contributed by atoms with Gasteiger partial charge < -0.3 is 14.6 Å². The van der Waals surface area contributed by atoms with Crippen molar-refractivity contribution in [2.24, 2.45) is 7.05 Å². The third-order valence-corrected chi connectivity index (χ3v) is 5.58. The predicted octanol–water partition coefficient (Wildman–Crippen LogP) is 3.74. The van der Waals surface area contributed by atoms with Crippen LogP contribution in [0.2, 0.25) is 0 Å². The standard InChI is InChI=1S/C21H19F2N3O4S/c1-5-24-20(27)19-12(2)8-17(26(19)3)15-10-14(31(4,28)29)11-25-21(15)30-18-7-6-13(22)9-16(18)23/h5-11H,1H2,2-4H3,(H,24,27). The van der Waals surface area contributed by atoms with E-state index in [1.807, 2.05) is 0 Å². The molecule has 7 nitrogen and oxygen atoms in total. The number of aromatic nitrogens is 2. The number of aryl methyl sites for hydroxylation is 1. The number of hydrogen-bond donors (Lipinski definition) is 1. The lowest BCUT2D eigenvalue weighted by molar-refractivity contribution is 0.0961. The van der Waals surface area contributed by atoms with Gasteiger partial charge in [0.15, 0.2) is 21.4 Å². The number of carbonyl (C=O) groups is 1. The van der Waals surface area contributed by atoms with Crippen LogP contribution in [0.5, 0.6) is 11.6 Å². The van der Waals surface area contributed by atoms with Crippen LogP contribution in [0.15, 0.2) is 54.2 Å². The lowest BCUT2D eigenvalue weighted by Crippen LogP contribution is -2.20. The van der Waals surface area contributed by atoms with Crippen LogP contribution in [0.3, 0.4) is 0 Å². The Morgan fingerprint density at radius 3 is 2.58 bits per heavy atom. The van der Waals surface area contributed by atoms with Crippen LogP contribution >= 0.6 is 0 Å². The fraction of sp³-hybridized carbons (Fsp3) is 0.143. The molecule has 0 saturated carbocycles. The summed E-state index contributed by atoms with van der Waals surface area (Å²) in [7, 11) is -2.01. The molecule has 0 aliphatic heterocycles. The number of nitrogens with zero attached hydrogens (tertiary/aromatic N) is 2. The average Bonchev–Trinajstić information content (AvgIpc) is 2.97. The Balaban J connectivity index is 2.21. The molecule has 2 aromatic heterocycles. The minimum absolute atomic E-state index is 0.0922. The zero-order valence-corrected chi connectivity index (χ0v) is 17.8. The van der Waals surface area contributed by atoms with Crippen LogP contribution < -0.4 is 10.1 Å². The lowest BCUT2D eigenvalue weighted by Gasteiger charge is -2.14. The first-order chi connectivity index (χ1) is 14.5. The van der Waals surface area contributed by atoms with E-state index >= 15 is 0 Å². The molecule has 0 saturated heterocycles. The van der Waals surface area contributed by atoms with E-state index in [1.54, 1.807) is 20.0 Å². The summed E-state index contributed by atoms with van der Waals surface area (Å²) < 4.78 is 58.6. The molecule has 162 valence electrons. The summed E-state index contributed by atoms with van der Waals surface area (Å²) in [6.45, 7) is 5.17. The maximum absolute atomic E-state index is 14.1. The summed E-state index contributed by atoms with van der Waals surface area (Å²) in [5, 5.41) is 2.49. The van der Waals surface area contributed by atoms with Gasteiger partial charge in [0.05, 0.1) is 16.2 Å². The molecular formula is C21H19F2N3O4S. The molecule has 3 rings (SSSR count). The monoisotopic (exact) mass is 447 g/mol. The molecule has 0 atom stereocenters. The van der Waals surface area contributed by atoms with Gasteiger partial charge in [-0.2, -0.15) is 0 Å². The highest BCUT2D eigenvalue weighted by Gasteiger charge is 2.23. The third-order valence-electron chi connectivity index (χ3n) is 4.50. The maximum atomic E-state index is 14.1. The molecule has 3 aromatic rings. The highest BCUT2D eigenvalue weighted by Crippen LogP contribution is 2.36. The Morgan fingerprint density at radius 2 is 1.97 bits per heavy atom. The minimum Gasteiger partial charge on any atom is -0.435 e. The average molecular weight is 447 g/mol. The van der Waals surface area contributed by atoms with E-state index in [2.05, 4.69) is 16.9 Å². The quantitative estimate of drug-likeness (QED) is 0.622. The molecule has 1 aromatic carbocycles. The van der Waals surface area contributed by atoms with Crippen molar-refractivity contribution in [3.63, 3.8) is 0 Å². The Kier molecular flexibility index (Phi) is 5.94. The Hall–Kier alpha value is -3.53. The molecule has 2 heterocycles. The van der Waals surface area contributed by atoms with Crippen molar-refractivity contribution in [3.8, 4) is 22.9 Å². The largest absolute Gasteiger partial charge is 0.435 e. The van der Waals surface area contributed by atoms with Gasteiger partial charge in [0, 0.05) is 25.6 Å². The molecule has 0 bridgehead atoms. The van der Waals surface area contributed by atoms with Crippen LogP contribution in [0, 0.1) is 18.6 Å². The Morgan fingerprint density at radius 1 is 1.26 bits per heavy atom. The van der Waals surface area contributed by atoms with Crippen LogP contribution in [0.25, 0.3) is 11.3 Å². The van der Waals surface area contributed by atoms with Crippen LogP contribution in [-0.4, -0.2) is 30.1 Å². The summed E-state index contributed by atoms with van der Waals surface area (Å²) in [4.78, 5) is 16.3. The van der Waals surface area contributed by atoms with Crippen molar-refractivity contribution in [1.82, 2.24) is 14.9 Å². The van der Waals surface area contributed by atoms with Crippen LogP contribution in [0.1, 0.15) is 16.1 Å². The topological polar surface area (TPSA) is 90.3 Å². The van der Waals surface area contributed by atoms with Crippen molar-refractivity contribution in [2.45, 2.75) is 11.8 Å². The molecule has 1 N–H and O–H groups in total. The number of hydrogen-bond acceptors (Lipinski definition) is 5. The fourth-order valence-corrected chi connectivity index (χ4v) is 3.65. The fourth-order valence-electron chi connectivity index (χ4n) is 3.07. The maximum Gasteiger partial charge on any atom is 0.272 e. The highest BCUT2D eigenvalue weighted by atomic mass is 32.2. The highest BCUT2D eigenvalue weighted by molar-refractivity contribution is 7.90. The van der Waals surface area contributed by atoms with Crippen molar-refractivity contribution < 1.29 is 26.7 Å². The van der Waals surface area contributed by atoms with Gasteiger partial charge in [0.1, 0.15) is 11.5 Å². The Bertz CT molecular complexity index is 1300. The number of amides is 1. The molecule has 1 amide bonds. The molecule has 0 radical (unpaired) electrons. The summed E-state index contributed by atoms with van der Waals surface area (Å²) in [6, 6.07) is 5.75. The lowest BCUT2D eigenvalue weighted by atomic mass is 10.2. The number of nitrogens with one attached hydrogen (secondary N) is 1. The van der Waals surface area contributed by atoms with Gasteiger partial charge in [-0.15, -0.1) is 0 Å². The smallest absolute Gasteiger partial charge is 0.272 e. The SMILES string of the molecule is C=CNC(=O)c1c(C)cc(-c2cc(S(C)(=O)=O)cnc2Oc2ccc(F)cc2F)n1C. The first-order valence-corrected chi connectivity index (χ1v) is 10.8. The number of pyridine rings is 1. The second-order valence-electron chi connectivity index (χ2n) is 6.77. The number of ether oxygens (including phenoxy) is 1. The molecule has 10 heteroatoms. The van der Waals surface area contributed by atoms with Gasteiger partial charge in [-0.1, -0.05) is 6.58 Å². The Labute approximate surface area is 177 Å². The van der Waals surface area contributed by atoms with Crippen LogP contribution in [-0.2, 0) is 16.9 Å². The number of benzene rings is 1. The number of carbonyl (C=O) groups excluding carboxylic acids is 1. The number of rotatable bonds is 6. The van der Waals surface area contributed by atoms with E-state index in [4.69, 9.17) is 4.74 Å². The summed E-state index contributed by atoms with van der Waals surface area (Å²) in [6.07, 6.45) is 3.34. The number of sulfone groups is 1. The van der Waals surface area contributed by atoms with Gasteiger partial charge in [0.25, 0.3) is 5.91 Å². The van der Waals surface area contributed by atoms with E-state index in [0.29, 0.717) is 23.0 Å². The second kappa shape index (κ2) is 8.31. The molecule has 0 unspecified atom stereocenters. The first-order valence-electron chi connectivity index (χ1n) is 8.94. The molecule has 31 heavy (non-hydrogen) atoms. The molecule has 0 fully saturated rings. The zero-order valence-electron chi connectivity index (χ0n) is 16.9. The van der Waals surface area contributed by atoms with E-state index in [0.717, 1.165) is 24.6 Å². The van der Waals surface area contributed by atoms with E-state index in [-0.39, 0.29) is 22.1 Å². The van der Waals surface area contributed by atoms with E-state index < -0.39 is 27.4 Å². The summed E-state index contributed by atoms with van der Waals surface area (Å²) >= 11 is 0. The molecule has 0 aliphatic carbocycles. The molecule has 0 spiro atoms.